The van der Waals surface area contributed by atoms with Crippen molar-refractivity contribution >= 4 is 17.1 Å². The van der Waals surface area contributed by atoms with E-state index in [2.05, 4.69) is 4.98 Å². The van der Waals surface area contributed by atoms with E-state index in [1.165, 1.54) is 0 Å². The number of methoxy groups -OCH3 is 1. The van der Waals surface area contributed by atoms with Crippen molar-refractivity contribution in [1.29, 1.82) is 0 Å². The predicted octanol–water partition coefficient (Wildman–Crippen LogP) is 3.99. The third-order valence-corrected chi connectivity index (χ3v) is 4.11. The Kier molecular flexibility index (Phi) is 6.74. The van der Waals surface area contributed by atoms with Gasteiger partial charge < -0.3 is 9.47 Å². The summed E-state index contributed by atoms with van der Waals surface area (Å²) in [5.74, 6) is 1.05. The van der Waals surface area contributed by atoms with Gasteiger partial charge in [-0.15, -0.1) is 11.3 Å². The minimum atomic E-state index is 0.0410. The van der Waals surface area contributed by atoms with Gasteiger partial charge in [-0.2, -0.15) is 0 Å². The van der Waals surface area contributed by atoms with Crippen LogP contribution in [0, 0.1) is 5.92 Å². The first-order valence-corrected chi connectivity index (χ1v) is 8.72. The summed E-state index contributed by atoms with van der Waals surface area (Å²) in [5.41, 5.74) is 4.65. The molecular weight excluding hydrogens is 310 g/mol. The van der Waals surface area contributed by atoms with Gasteiger partial charge in [0.05, 0.1) is 17.8 Å². The summed E-state index contributed by atoms with van der Waals surface area (Å²) in [7, 11) is 1.68. The third-order valence-electron chi connectivity index (χ3n) is 3.53. The molecule has 0 saturated carbocycles. The van der Waals surface area contributed by atoms with Crippen LogP contribution in [-0.2, 0) is 16.0 Å². The fraction of sp³-hybridized carbons (Fsp3) is 0.444. The topological polar surface area (TPSA) is 48.4 Å². The van der Waals surface area contributed by atoms with Crippen molar-refractivity contribution in [3.05, 3.63) is 34.7 Å². The first-order chi connectivity index (χ1) is 11.1. The van der Waals surface area contributed by atoms with Crippen LogP contribution in [0.1, 0.15) is 25.8 Å². The van der Waals surface area contributed by atoms with E-state index in [0.29, 0.717) is 19.6 Å². The first-order valence-electron chi connectivity index (χ1n) is 7.77. The van der Waals surface area contributed by atoms with Gasteiger partial charge in [-0.25, -0.2) is 4.98 Å². The molecule has 0 aliphatic heterocycles. The number of rotatable bonds is 9. The van der Waals surface area contributed by atoms with Crippen LogP contribution in [0.5, 0.6) is 5.75 Å². The van der Waals surface area contributed by atoms with Crippen LogP contribution in [0.15, 0.2) is 29.1 Å². The van der Waals surface area contributed by atoms with Crippen molar-refractivity contribution in [1.82, 2.24) is 4.98 Å². The number of hydrogen-bond acceptors (Lipinski definition) is 5. The first kappa shape index (κ1) is 17.6. The van der Waals surface area contributed by atoms with Gasteiger partial charge in [0.15, 0.2) is 0 Å². The summed E-state index contributed by atoms with van der Waals surface area (Å²) in [6.07, 6.45) is 1.26. The number of nitrogens with zero attached hydrogens (tertiary/aromatic N) is 1. The Labute approximate surface area is 141 Å². The van der Waals surface area contributed by atoms with Gasteiger partial charge in [-0.1, -0.05) is 19.9 Å². The molecule has 0 amide bonds. The van der Waals surface area contributed by atoms with E-state index in [9.17, 15) is 4.79 Å². The highest BCUT2D eigenvalue weighted by Crippen LogP contribution is 2.31. The molecule has 1 aromatic carbocycles. The monoisotopic (exact) mass is 333 g/mol. The molecule has 4 nitrogen and oxygen atoms in total. The second-order valence-corrected chi connectivity index (χ2v) is 6.42. The number of carbonyl (C=O) groups excluding carboxylic acids is 1. The molecule has 0 bridgehead atoms. The van der Waals surface area contributed by atoms with Gasteiger partial charge in [0.25, 0.3) is 0 Å². The number of Topliss-reactive ketones (excluding diaryl/α,β-unsaturated/α-hetero) is 1. The Morgan fingerprint density at radius 2 is 2.13 bits per heavy atom. The normalized spacial score (nSPS) is 11.0. The highest BCUT2D eigenvalue weighted by atomic mass is 32.1. The number of carbonyl (C=O) groups is 1. The molecule has 0 N–H and O–H groups in total. The molecule has 0 fully saturated rings. The van der Waals surface area contributed by atoms with Crippen LogP contribution >= 0.6 is 11.3 Å². The second-order valence-electron chi connectivity index (χ2n) is 5.70. The maximum Gasteiger partial charge on any atom is 0.139 e. The molecule has 1 aromatic heterocycles. The second kappa shape index (κ2) is 8.79. The van der Waals surface area contributed by atoms with E-state index in [0.717, 1.165) is 29.0 Å². The maximum absolute atomic E-state index is 12.0. The highest BCUT2D eigenvalue weighted by molar-refractivity contribution is 7.07. The van der Waals surface area contributed by atoms with E-state index >= 15 is 0 Å². The summed E-state index contributed by atoms with van der Waals surface area (Å²) in [5, 5.41) is 2.00. The van der Waals surface area contributed by atoms with Crippen molar-refractivity contribution in [2.75, 3.05) is 20.3 Å². The lowest BCUT2D eigenvalue weighted by molar-refractivity contribution is -0.121. The molecule has 2 rings (SSSR count). The van der Waals surface area contributed by atoms with E-state index in [4.69, 9.17) is 9.47 Å². The van der Waals surface area contributed by atoms with Crippen molar-refractivity contribution in [3.8, 4) is 17.0 Å². The molecule has 0 aliphatic carbocycles. The summed E-state index contributed by atoms with van der Waals surface area (Å²) < 4.78 is 11.0. The lowest BCUT2D eigenvalue weighted by atomic mass is 9.99. The van der Waals surface area contributed by atoms with Crippen LogP contribution < -0.4 is 4.74 Å². The molecule has 2 aromatic rings. The smallest absolute Gasteiger partial charge is 0.139 e. The molecule has 0 radical (unpaired) electrons. The zero-order chi connectivity index (χ0) is 16.7. The van der Waals surface area contributed by atoms with Gasteiger partial charge in [0.2, 0.25) is 0 Å². The zero-order valence-electron chi connectivity index (χ0n) is 13.9. The zero-order valence-corrected chi connectivity index (χ0v) is 14.7. The van der Waals surface area contributed by atoms with Crippen LogP contribution in [0.4, 0.5) is 0 Å². The van der Waals surface area contributed by atoms with Gasteiger partial charge >= 0.3 is 0 Å². The van der Waals surface area contributed by atoms with Crippen molar-refractivity contribution < 1.29 is 14.3 Å². The number of ketones is 1. The van der Waals surface area contributed by atoms with Gasteiger partial charge in [-0.05, 0) is 17.7 Å². The fourth-order valence-corrected chi connectivity index (χ4v) is 2.70. The Hall–Kier alpha value is -1.72. The average molecular weight is 333 g/mol. The van der Waals surface area contributed by atoms with Crippen molar-refractivity contribution in [2.24, 2.45) is 5.92 Å². The summed E-state index contributed by atoms with van der Waals surface area (Å²) in [6, 6.07) is 5.93. The van der Waals surface area contributed by atoms with E-state index in [-0.39, 0.29) is 11.7 Å². The SMILES string of the molecule is COCCCOc1cc(CC(=O)C(C)C)ccc1-c1cscn1. The summed E-state index contributed by atoms with van der Waals surface area (Å²) >= 11 is 1.55. The largest absolute Gasteiger partial charge is 0.493 e. The quantitative estimate of drug-likeness (QED) is 0.651. The number of benzene rings is 1. The van der Waals surface area contributed by atoms with E-state index in [1.807, 2.05) is 37.4 Å². The molecule has 0 spiro atoms. The molecule has 0 atom stereocenters. The average Bonchev–Trinajstić information content (AvgIpc) is 3.06. The number of aromatic nitrogens is 1. The molecule has 0 saturated heterocycles. The Balaban J connectivity index is 2.19. The maximum atomic E-state index is 12.0. The third kappa shape index (κ3) is 5.15. The van der Waals surface area contributed by atoms with Gasteiger partial charge in [0, 0.05) is 43.4 Å². The molecule has 1 heterocycles. The standard InChI is InChI=1S/C18H23NO3S/c1-13(2)17(20)9-14-5-6-15(16-11-23-12-19-16)18(10-14)22-8-4-7-21-3/h5-6,10-13H,4,7-9H2,1-3H3. The van der Waals surface area contributed by atoms with E-state index in [1.54, 1.807) is 24.0 Å². The van der Waals surface area contributed by atoms with Crippen molar-refractivity contribution in [3.63, 3.8) is 0 Å². The lowest BCUT2D eigenvalue weighted by Crippen LogP contribution is -2.10. The molecule has 0 aliphatic rings. The Morgan fingerprint density at radius 1 is 1.30 bits per heavy atom. The van der Waals surface area contributed by atoms with Crippen LogP contribution in [0.25, 0.3) is 11.3 Å². The lowest BCUT2D eigenvalue weighted by Gasteiger charge is -2.13. The summed E-state index contributed by atoms with van der Waals surface area (Å²) in [4.78, 5) is 16.3. The number of hydrogen-bond donors (Lipinski definition) is 0. The van der Waals surface area contributed by atoms with Crippen molar-refractivity contribution in [2.45, 2.75) is 26.7 Å². The minimum Gasteiger partial charge on any atom is -0.493 e. The predicted molar refractivity (Wildman–Crippen MR) is 93.1 cm³/mol. The van der Waals surface area contributed by atoms with Gasteiger partial charge in [0.1, 0.15) is 11.5 Å². The van der Waals surface area contributed by atoms with Crippen LogP contribution in [-0.4, -0.2) is 31.1 Å². The summed E-state index contributed by atoms with van der Waals surface area (Å²) in [6.45, 7) is 5.09. The molecule has 23 heavy (non-hydrogen) atoms. The fourth-order valence-electron chi connectivity index (χ4n) is 2.14. The van der Waals surface area contributed by atoms with Gasteiger partial charge in [-0.3, -0.25) is 4.79 Å². The van der Waals surface area contributed by atoms with Crippen LogP contribution in [0.2, 0.25) is 0 Å². The van der Waals surface area contributed by atoms with Crippen LogP contribution in [0.3, 0.4) is 0 Å². The number of ether oxygens (including phenoxy) is 2. The Bertz CT molecular complexity index is 623. The Morgan fingerprint density at radius 3 is 2.78 bits per heavy atom. The minimum absolute atomic E-state index is 0.0410. The van der Waals surface area contributed by atoms with E-state index < -0.39 is 0 Å². The number of thiazole rings is 1. The highest BCUT2D eigenvalue weighted by Gasteiger charge is 2.13. The molecular formula is C18H23NO3S. The molecule has 0 unspecified atom stereocenters. The molecule has 5 heteroatoms. The molecule has 124 valence electrons.